The number of carbonyl (C=O) groups is 1. The van der Waals surface area contributed by atoms with Crippen molar-refractivity contribution in [2.45, 2.75) is 32.1 Å². The molecule has 1 saturated carbocycles. The molecule has 0 atom stereocenters. The van der Waals surface area contributed by atoms with E-state index < -0.39 is 0 Å². The maximum absolute atomic E-state index is 11.7. The summed E-state index contributed by atoms with van der Waals surface area (Å²) in [5.41, 5.74) is 7.13. The number of rotatable bonds is 6. The summed E-state index contributed by atoms with van der Waals surface area (Å²) in [5.74, 6) is 0.130. The SMILES string of the molecule is NCC1(CNC(=O)CCc2cc[nH]c2)CCC1. The second-order valence-electron chi connectivity index (χ2n) is 5.05. The van der Waals surface area contributed by atoms with Gasteiger partial charge in [0.2, 0.25) is 5.91 Å². The molecule has 0 aromatic carbocycles. The minimum absolute atomic E-state index is 0.130. The highest BCUT2D eigenvalue weighted by atomic mass is 16.1. The van der Waals surface area contributed by atoms with Gasteiger partial charge in [0.05, 0.1) is 0 Å². The van der Waals surface area contributed by atoms with E-state index >= 15 is 0 Å². The molecule has 94 valence electrons. The molecule has 0 unspecified atom stereocenters. The molecule has 0 aliphatic heterocycles. The monoisotopic (exact) mass is 235 g/mol. The number of H-pyrrole nitrogens is 1. The van der Waals surface area contributed by atoms with Gasteiger partial charge in [-0.05, 0) is 42.9 Å². The van der Waals surface area contributed by atoms with Crippen LogP contribution in [0.3, 0.4) is 0 Å². The van der Waals surface area contributed by atoms with Gasteiger partial charge in [0.15, 0.2) is 0 Å². The fourth-order valence-electron chi connectivity index (χ4n) is 2.28. The Morgan fingerprint density at radius 1 is 1.53 bits per heavy atom. The summed E-state index contributed by atoms with van der Waals surface area (Å²) < 4.78 is 0. The lowest BCUT2D eigenvalue weighted by molar-refractivity contribution is -0.121. The van der Waals surface area contributed by atoms with Gasteiger partial charge in [-0.2, -0.15) is 0 Å². The average Bonchev–Trinajstić information content (AvgIpc) is 2.78. The molecule has 0 bridgehead atoms. The summed E-state index contributed by atoms with van der Waals surface area (Å²) in [6.07, 6.45) is 8.72. The molecular weight excluding hydrogens is 214 g/mol. The molecule has 0 saturated heterocycles. The number of nitrogens with two attached hydrogens (primary N) is 1. The van der Waals surface area contributed by atoms with Gasteiger partial charge >= 0.3 is 0 Å². The van der Waals surface area contributed by atoms with E-state index in [1.165, 1.54) is 12.0 Å². The molecular formula is C13H21N3O. The number of hydrogen-bond acceptors (Lipinski definition) is 2. The average molecular weight is 235 g/mol. The summed E-state index contributed by atoms with van der Waals surface area (Å²) in [5, 5.41) is 3.01. The smallest absolute Gasteiger partial charge is 0.220 e. The van der Waals surface area contributed by atoms with Gasteiger partial charge in [0.25, 0.3) is 0 Å². The number of aromatic amines is 1. The van der Waals surface area contributed by atoms with Crippen LogP contribution in [0, 0.1) is 5.41 Å². The second-order valence-corrected chi connectivity index (χ2v) is 5.05. The normalized spacial score (nSPS) is 17.5. The number of carbonyl (C=O) groups excluding carboxylic acids is 1. The third-order valence-corrected chi connectivity index (χ3v) is 3.81. The molecule has 4 heteroatoms. The van der Waals surface area contributed by atoms with E-state index in [0.717, 1.165) is 25.8 Å². The van der Waals surface area contributed by atoms with Crippen LogP contribution in [0.2, 0.25) is 0 Å². The van der Waals surface area contributed by atoms with Crippen LogP contribution in [0.25, 0.3) is 0 Å². The zero-order valence-electron chi connectivity index (χ0n) is 10.2. The summed E-state index contributed by atoms with van der Waals surface area (Å²) in [6.45, 7) is 1.43. The van der Waals surface area contributed by atoms with Gasteiger partial charge in [0, 0.05) is 25.4 Å². The van der Waals surface area contributed by atoms with Crippen molar-refractivity contribution in [2.75, 3.05) is 13.1 Å². The standard InChI is InChI=1S/C13H21N3O/c14-9-13(5-1-6-13)10-16-12(17)3-2-11-4-7-15-8-11/h4,7-8,15H,1-3,5-6,9-10,14H2,(H,16,17). The first-order valence-electron chi connectivity index (χ1n) is 6.33. The van der Waals surface area contributed by atoms with Crippen molar-refractivity contribution >= 4 is 5.91 Å². The Labute approximate surface area is 102 Å². The molecule has 0 radical (unpaired) electrons. The quantitative estimate of drug-likeness (QED) is 0.693. The van der Waals surface area contributed by atoms with Gasteiger partial charge < -0.3 is 16.0 Å². The van der Waals surface area contributed by atoms with Crippen LogP contribution in [0.1, 0.15) is 31.2 Å². The van der Waals surface area contributed by atoms with E-state index in [1.54, 1.807) is 0 Å². The van der Waals surface area contributed by atoms with Crippen LogP contribution >= 0.6 is 0 Å². The highest BCUT2D eigenvalue weighted by Crippen LogP contribution is 2.39. The van der Waals surface area contributed by atoms with Gasteiger partial charge in [-0.15, -0.1) is 0 Å². The van der Waals surface area contributed by atoms with Gasteiger partial charge in [-0.1, -0.05) is 6.42 Å². The molecule has 2 rings (SSSR count). The van der Waals surface area contributed by atoms with E-state index in [9.17, 15) is 4.79 Å². The predicted octanol–water partition coefficient (Wildman–Crippen LogP) is 1.19. The Hall–Kier alpha value is -1.29. The molecule has 1 aromatic rings. The molecule has 17 heavy (non-hydrogen) atoms. The van der Waals surface area contributed by atoms with Crippen LogP contribution in [-0.2, 0) is 11.2 Å². The van der Waals surface area contributed by atoms with Crippen molar-refractivity contribution in [1.82, 2.24) is 10.3 Å². The fraction of sp³-hybridized carbons (Fsp3) is 0.615. The minimum atomic E-state index is 0.130. The second kappa shape index (κ2) is 5.36. The maximum atomic E-state index is 11.7. The molecule has 4 nitrogen and oxygen atoms in total. The van der Waals surface area contributed by atoms with Crippen molar-refractivity contribution in [3.05, 3.63) is 24.0 Å². The number of aryl methyl sites for hydroxylation is 1. The van der Waals surface area contributed by atoms with E-state index in [1.807, 2.05) is 18.5 Å². The summed E-state index contributed by atoms with van der Waals surface area (Å²) in [4.78, 5) is 14.7. The molecule has 1 heterocycles. The first-order chi connectivity index (χ1) is 8.24. The van der Waals surface area contributed by atoms with Crippen molar-refractivity contribution < 1.29 is 4.79 Å². The van der Waals surface area contributed by atoms with Crippen LogP contribution < -0.4 is 11.1 Å². The lowest BCUT2D eigenvalue weighted by atomic mass is 9.69. The van der Waals surface area contributed by atoms with Gasteiger partial charge in [-0.3, -0.25) is 4.79 Å². The van der Waals surface area contributed by atoms with Crippen molar-refractivity contribution in [3.8, 4) is 0 Å². The molecule has 1 amide bonds. The Balaban J connectivity index is 1.67. The summed E-state index contributed by atoms with van der Waals surface area (Å²) >= 11 is 0. The van der Waals surface area contributed by atoms with Crippen molar-refractivity contribution in [2.24, 2.45) is 11.1 Å². The predicted molar refractivity (Wildman–Crippen MR) is 67.5 cm³/mol. The zero-order chi connectivity index (χ0) is 12.1. The number of hydrogen-bond donors (Lipinski definition) is 3. The molecule has 0 spiro atoms. The molecule has 1 fully saturated rings. The Kier molecular flexibility index (Phi) is 3.84. The maximum Gasteiger partial charge on any atom is 0.220 e. The Morgan fingerprint density at radius 2 is 2.35 bits per heavy atom. The number of nitrogens with one attached hydrogen (secondary N) is 2. The molecule has 1 aromatic heterocycles. The molecule has 4 N–H and O–H groups in total. The first kappa shape index (κ1) is 12.2. The van der Waals surface area contributed by atoms with E-state index in [2.05, 4.69) is 10.3 Å². The highest BCUT2D eigenvalue weighted by Gasteiger charge is 2.35. The zero-order valence-corrected chi connectivity index (χ0v) is 10.2. The largest absolute Gasteiger partial charge is 0.367 e. The lowest BCUT2D eigenvalue weighted by Gasteiger charge is -2.41. The summed E-state index contributed by atoms with van der Waals surface area (Å²) in [7, 11) is 0. The number of aromatic nitrogens is 1. The Bertz CT molecular complexity index is 349. The van der Waals surface area contributed by atoms with Gasteiger partial charge in [0.1, 0.15) is 0 Å². The third-order valence-electron chi connectivity index (χ3n) is 3.81. The third kappa shape index (κ3) is 3.09. The van der Waals surface area contributed by atoms with E-state index in [0.29, 0.717) is 13.0 Å². The van der Waals surface area contributed by atoms with Gasteiger partial charge in [-0.25, -0.2) is 0 Å². The fourth-order valence-corrected chi connectivity index (χ4v) is 2.28. The van der Waals surface area contributed by atoms with Crippen LogP contribution in [0.4, 0.5) is 0 Å². The molecule has 1 aliphatic carbocycles. The summed E-state index contributed by atoms with van der Waals surface area (Å²) in [6, 6.07) is 2.00. The molecule has 1 aliphatic rings. The Morgan fingerprint density at radius 3 is 2.88 bits per heavy atom. The lowest BCUT2D eigenvalue weighted by Crippen LogP contribution is -2.46. The minimum Gasteiger partial charge on any atom is -0.367 e. The number of amides is 1. The van der Waals surface area contributed by atoms with Crippen molar-refractivity contribution in [3.63, 3.8) is 0 Å². The van der Waals surface area contributed by atoms with E-state index in [-0.39, 0.29) is 11.3 Å². The first-order valence-corrected chi connectivity index (χ1v) is 6.33. The highest BCUT2D eigenvalue weighted by molar-refractivity contribution is 5.76. The van der Waals surface area contributed by atoms with Crippen LogP contribution in [0.5, 0.6) is 0 Å². The van der Waals surface area contributed by atoms with Crippen LogP contribution in [-0.4, -0.2) is 24.0 Å². The topological polar surface area (TPSA) is 70.9 Å². The van der Waals surface area contributed by atoms with Crippen LogP contribution in [0.15, 0.2) is 18.5 Å². The van der Waals surface area contributed by atoms with E-state index in [4.69, 9.17) is 5.73 Å². The van der Waals surface area contributed by atoms with Crippen molar-refractivity contribution in [1.29, 1.82) is 0 Å².